The van der Waals surface area contributed by atoms with Gasteiger partial charge in [0.15, 0.2) is 12.2 Å². The van der Waals surface area contributed by atoms with Gasteiger partial charge in [-0.05, 0) is 0 Å². The van der Waals surface area contributed by atoms with Crippen LogP contribution in [-0.4, -0.2) is 58.9 Å². The third kappa shape index (κ3) is 6.23. The van der Waals surface area contributed by atoms with E-state index in [0.717, 1.165) is 0 Å². The second kappa shape index (κ2) is 9.16. The van der Waals surface area contributed by atoms with Crippen molar-refractivity contribution in [3.05, 3.63) is 0 Å². The Kier molecular flexibility index (Phi) is 7.87. The Labute approximate surface area is 152 Å². The van der Waals surface area contributed by atoms with Gasteiger partial charge in [-0.15, -0.1) is 0 Å². The van der Waals surface area contributed by atoms with E-state index in [-0.39, 0.29) is 12.5 Å². The molecule has 1 aliphatic heterocycles. The summed E-state index contributed by atoms with van der Waals surface area (Å²) >= 11 is 1.95. The van der Waals surface area contributed by atoms with Gasteiger partial charge < -0.3 is 24.3 Å². The van der Waals surface area contributed by atoms with Crippen molar-refractivity contribution < 1.29 is 38.1 Å². The average Bonchev–Trinajstić information content (AvgIpc) is 2.42. The van der Waals surface area contributed by atoms with Crippen LogP contribution in [0, 0.1) is 0 Å². The molecule has 0 radical (unpaired) electrons. The third-order valence-corrected chi connectivity index (χ3v) is 4.38. The maximum Gasteiger partial charge on any atom is 0.303 e. The minimum atomic E-state index is -0.974. The zero-order valence-corrected chi connectivity index (χ0v) is 15.9. The van der Waals surface area contributed by atoms with Crippen molar-refractivity contribution in [3.63, 3.8) is 0 Å². The van der Waals surface area contributed by atoms with Crippen LogP contribution < -0.4 is 5.32 Å². The molecule has 5 atom stereocenters. The van der Waals surface area contributed by atoms with Crippen molar-refractivity contribution in [3.8, 4) is 0 Å². The molecule has 10 heteroatoms. The second-order valence-electron chi connectivity index (χ2n) is 5.19. The molecule has 0 unspecified atom stereocenters. The molecule has 9 nitrogen and oxygen atoms in total. The fraction of sp³-hybridized carbons (Fsp3) is 0.714. The van der Waals surface area contributed by atoms with Crippen molar-refractivity contribution in [1.82, 2.24) is 5.32 Å². The van der Waals surface area contributed by atoms with Crippen molar-refractivity contribution in [1.29, 1.82) is 0 Å². The van der Waals surface area contributed by atoms with Crippen LogP contribution in [0.2, 0.25) is 0 Å². The van der Waals surface area contributed by atoms with E-state index in [0.29, 0.717) is 0 Å². The number of hydrogen-bond donors (Lipinski definition) is 1. The van der Waals surface area contributed by atoms with Crippen LogP contribution in [0.3, 0.4) is 0 Å². The molecule has 0 saturated carbocycles. The summed E-state index contributed by atoms with van der Waals surface area (Å²) in [4.78, 5) is 45.2. The summed E-state index contributed by atoms with van der Waals surface area (Å²) in [6.45, 7) is 4.74. The molecule has 1 amide bonds. The fourth-order valence-corrected chi connectivity index (χ4v) is 3.12. The lowest BCUT2D eigenvalue weighted by Gasteiger charge is -2.43. The lowest BCUT2D eigenvalue weighted by molar-refractivity contribution is -0.214. The summed E-state index contributed by atoms with van der Waals surface area (Å²) in [6.07, 6.45) is -3.55. The summed E-state index contributed by atoms with van der Waals surface area (Å²) in [6, 6.07) is 0. The Bertz CT molecular complexity index is 495. The first kappa shape index (κ1) is 20.6. The zero-order chi connectivity index (χ0) is 18.4. The predicted octanol–water partition coefficient (Wildman–Crippen LogP) is 0.0775. The van der Waals surface area contributed by atoms with E-state index >= 15 is 0 Å². The van der Waals surface area contributed by atoms with Crippen LogP contribution in [-0.2, 0) is 38.1 Å². The Hall–Kier alpha value is -1.43. The number of amides is 1. The molecule has 1 rings (SSSR count). The normalized spacial score (nSPS) is 29.3. The summed E-state index contributed by atoms with van der Waals surface area (Å²) < 4.78 is 20.6. The molecule has 1 saturated heterocycles. The number of ether oxygens (including phenoxy) is 4. The highest BCUT2D eigenvalue weighted by atomic mass is 127. The topological polar surface area (TPSA) is 117 Å². The van der Waals surface area contributed by atoms with Gasteiger partial charge in [-0.25, -0.2) is 0 Å². The van der Waals surface area contributed by atoms with Gasteiger partial charge in [0, 0.05) is 27.7 Å². The number of carbonyl (C=O) groups excluding carboxylic acids is 4. The minimum absolute atomic E-state index is 0.218. The van der Waals surface area contributed by atoms with Crippen LogP contribution in [0.25, 0.3) is 0 Å². The van der Waals surface area contributed by atoms with Crippen molar-refractivity contribution in [2.45, 2.75) is 56.2 Å². The monoisotopic (exact) mass is 457 g/mol. The highest BCUT2D eigenvalue weighted by Gasteiger charge is 2.49. The molecule has 24 heavy (non-hydrogen) atoms. The molecular weight excluding hydrogens is 437 g/mol. The average molecular weight is 457 g/mol. The predicted molar refractivity (Wildman–Crippen MR) is 88.0 cm³/mol. The van der Waals surface area contributed by atoms with Crippen molar-refractivity contribution in [2.75, 3.05) is 6.61 Å². The van der Waals surface area contributed by atoms with Gasteiger partial charge in [0.25, 0.3) is 0 Å². The molecule has 136 valence electrons. The fourth-order valence-electron chi connectivity index (χ4n) is 2.21. The molecule has 0 aromatic carbocycles. The number of rotatable bonds is 5. The largest absolute Gasteiger partial charge is 0.463 e. The summed E-state index contributed by atoms with van der Waals surface area (Å²) in [5.41, 5.74) is 0. The summed E-state index contributed by atoms with van der Waals surface area (Å²) in [5.74, 6) is -2.07. The molecule has 0 spiro atoms. The minimum Gasteiger partial charge on any atom is -0.463 e. The smallest absolute Gasteiger partial charge is 0.303 e. The maximum atomic E-state index is 11.4. The van der Waals surface area contributed by atoms with E-state index < -0.39 is 46.4 Å². The number of nitrogens with one attached hydrogen (secondary N) is 1. The van der Waals surface area contributed by atoms with E-state index in [2.05, 4.69) is 5.32 Å². The van der Waals surface area contributed by atoms with Crippen molar-refractivity contribution >= 4 is 46.4 Å². The molecule has 1 aliphatic rings. The Morgan fingerprint density at radius 2 is 1.50 bits per heavy atom. The standard InChI is InChI=1S/C14H20INO8/c1-6(17)16-14-11(15)13(23-9(4)20)12(22-8(3)19)10(24-14)5-21-7(2)18/h10-14H,5H2,1-4H3,(H,16,17)/t10-,11+,12+,13-,14+/m1/s1. The van der Waals surface area contributed by atoms with Gasteiger partial charge in [-0.3, -0.25) is 19.2 Å². The first-order chi connectivity index (χ1) is 11.1. The molecular formula is C14H20INO8. The van der Waals surface area contributed by atoms with E-state index in [1.165, 1.54) is 27.7 Å². The van der Waals surface area contributed by atoms with E-state index in [4.69, 9.17) is 18.9 Å². The van der Waals surface area contributed by atoms with Gasteiger partial charge in [0.2, 0.25) is 5.91 Å². The zero-order valence-electron chi connectivity index (χ0n) is 13.7. The van der Waals surface area contributed by atoms with E-state index in [1.54, 1.807) is 0 Å². The van der Waals surface area contributed by atoms with Gasteiger partial charge >= 0.3 is 17.9 Å². The molecule has 1 fully saturated rings. The number of hydrogen-bond acceptors (Lipinski definition) is 8. The van der Waals surface area contributed by atoms with Gasteiger partial charge in [-0.1, -0.05) is 22.6 Å². The molecule has 1 heterocycles. The van der Waals surface area contributed by atoms with Gasteiger partial charge in [0.05, 0.1) is 3.92 Å². The quantitative estimate of drug-likeness (QED) is 0.267. The highest BCUT2D eigenvalue weighted by molar-refractivity contribution is 14.1. The Morgan fingerprint density at radius 1 is 0.958 bits per heavy atom. The maximum absolute atomic E-state index is 11.4. The van der Waals surface area contributed by atoms with Crippen LogP contribution in [0.1, 0.15) is 27.7 Å². The second-order valence-corrected chi connectivity index (χ2v) is 6.63. The van der Waals surface area contributed by atoms with Crippen molar-refractivity contribution in [2.24, 2.45) is 0 Å². The van der Waals surface area contributed by atoms with E-state index in [1.807, 2.05) is 22.6 Å². The first-order valence-corrected chi connectivity index (χ1v) is 8.40. The number of halogens is 1. The molecule has 0 aromatic rings. The van der Waals surface area contributed by atoms with Gasteiger partial charge in [-0.2, -0.15) is 0 Å². The lowest BCUT2D eigenvalue weighted by Crippen LogP contribution is -2.63. The Balaban J connectivity index is 3.08. The lowest BCUT2D eigenvalue weighted by atomic mass is 10.00. The van der Waals surface area contributed by atoms with Crippen LogP contribution >= 0.6 is 22.6 Å². The summed E-state index contributed by atoms with van der Waals surface area (Å²) in [7, 11) is 0. The Morgan fingerprint density at radius 3 is 1.96 bits per heavy atom. The number of esters is 3. The van der Waals surface area contributed by atoms with E-state index in [9.17, 15) is 19.2 Å². The number of alkyl halides is 1. The SMILES string of the molecule is CC(=O)N[C@H]1O[C@H](COC(C)=O)[C@H](OC(C)=O)[C@H](OC(C)=O)[C@@H]1I. The molecule has 0 aromatic heterocycles. The van der Waals surface area contributed by atoms with Crippen LogP contribution in [0.15, 0.2) is 0 Å². The summed E-state index contributed by atoms with van der Waals surface area (Å²) in [5, 5.41) is 2.59. The third-order valence-electron chi connectivity index (χ3n) is 3.02. The number of carbonyl (C=O) groups is 4. The highest BCUT2D eigenvalue weighted by Crippen LogP contribution is 2.30. The first-order valence-electron chi connectivity index (χ1n) is 7.16. The van der Waals surface area contributed by atoms with Crippen LogP contribution in [0.4, 0.5) is 0 Å². The molecule has 1 N–H and O–H groups in total. The molecule has 0 aliphatic carbocycles. The molecule has 0 bridgehead atoms. The van der Waals surface area contributed by atoms with Crippen LogP contribution in [0.5, 0.6) is 0 Å². The van der Waals surface area contributed by atoms with Gasteiger partial charge in [0.1, 0.15) is 18.9 Å².